The summed E-state index contributed by atoms with van der Waals surface area (Å²) in [5, 5.41) is 8.06. The van der Waals surface area contributed by atoms with Crippen molar-refractivity contribution in [3.05, 3.63) is 47.7 Å². The summed E-state index contributed by atoms with van der Waals surface area (Å²) in [5.41, 5.74) is 2.46. The molecular weight excluding hydrogens is 351 g/mol. The van der Waals surface area contributed by atoms with Crippen molar-refractivity contribution in [2.24, 2.45) is 5.92 Å². The van der Waals surface area contributed by atoms with Crippen LogP contribution >= 0.6 is 0 Å². The average Bonchev–Trinajstić information content (AvgIpc) is 2.92. The summed E-state index contributed by atoms with van der Waals surface area (Å²) in [4.78, 5) is 2.15. The lowest BCUT2D eigenvalue weighted by molar-refractivity contribution is -0.137. The number of likely N-dealkylation sites (N-methyl/N-ethyl adjacent to an activating group) is 1. The van der Waals surface area contributed by atoms with Crippen molar-refractivity contribution >= 4 is 17.1 Å². The maximum Gasteiger partial charge on any atom is 0.416 e. The van der Waals surface area contributed by atoms with E-state index >= 15 is 0 Å². The quantitative estimate of drug-likeness (QED) is 0.551. The lowest BCUT2D eigenvalue weighted by Gasteiger charge is -2.24. The average molecular weight is 379 g/mol. The minimum absolute atomic E-state index is 0.166. The molecule has 0 radical (unpaired) electrons. The van der Waals surface area contributed by atoms with Crippen molar-refractivity contribution in [2.45, 2.75) is 46.0 Å². The molecule has 27 heavy (non-hydrogen) atoms. The Kier molecular flexibility index (Phi) is 6.87. The van der Waals surface area contributed by atoms with Gasteiger partial charge < -0.3 is 14.9 Å². The number of halogens is 3. The van der Waals surface area contributed by atoms with E-state index in [1.807, 2.05) is 20.9 Å². The van der Waals surface area contributed by atoms with E-state index in [-0.39, 0.29) is 5.92 Å². The van der Waals surface area contributed by atoms with E-state index in [0.29, 0.717) is 11.9 Å². The van der Waals surface area contributed by atoms with Crippen LogP contribution in [0.4, 0.5) is 13.2 Å². The lowest BCUT2D eigenvalue weighted by Crippen LogP contribution is -2.27. The first-order valence-electron chi connectivity index (χ1n) is 9.20. The summed E-state index contributed by atoms with van der Waals surface area (Å²) in [7, 11) is 2.00. The van der Waals surface area contributed by atoms with Crippen LogP contribution in [0.15, 0.2) is 30.9 Å². The van der Waals surface area contributed by atoms with E-state index in [4.69, 9.17) is 5.41 Å². The Labute approximate surface area is 159 Å². The summed E-state index contributed by atoms with van der Waals surface area (Å²) in [6.07, 6.45) is 0.517. The summed E-state index contributed by atoms with van der Waals surface area (Å²) < 4.78 is 41.4. The third kappa shape index (κ3) is 4.80. The molecule has 0 spiro atoms. The van der Waals surface area contributed by atoms with E-state index < -0.39 is 11.7 Å². The predicted molar refractivity (Wildman–Crippen MR) is 105 cm³/mol. The fourth-order valence-corrected chi connectivity index (χ4v) is 3.43. The van der Waals surface area contributed by atoms with Crippen LogP contribution in [0.2, 0.25) is 0 Å². The minimum Gasteiger partial charge on any atom is -0.344 e. The molecule has 0 aliphatic carbocycles. The second-order valence-corrected chi connectivity index (χ2v) is 7.14. The number of benzene rings is 1. The number of allylic oxidation sites excluding steroid dienone is 1. The van der Waals surface area contributed by atoms with Crippen molar-refractivity contribution in [3.63, 3.8) is 0 Å². The van der Waals surface area contributed by atoms with Gasteiger partial charge >= 0.3 is 6.18 Å². The van der Waals surface area contributed by atoms with E-state index in [0.717, 1.165) is 42.7 Å². The van der Waals surface area contributed by atoms with Crippen LogP contribution in [0, 0.1) is 11.3 Å². The number of aromatic nitrogens is 1. The first kappa shape index (κ1) is 21.2. The second kappa shape index (κ2) is 8.74. The molecule has 1 aliphatic rings. The topological polar surface area (TPSA) is 32.0 Å². The number of aryl methyl sites for hydroxylation is 1. The number of hydrogen-bond donors (Lipinski definition) is 1. The smallest absolute Gasteiger partial charge is 0.344 e. The normalized spacial score (nSPS) is 15.6. The van der Waals surface area contributed by atoms with Crippen LogP contribution in [-0.2, 0) is 25.7 Å². The molecule has 0 saturated heterocycles. The maximum atomic E-state index is 13.1. The molecule has 3 nitrogen and oxygen atoms in total. The molecule has 1 aromatic carbocycles. The molecule has 0 bridgehead atoms. The van der Waals surface area contributed by atoms with Gasteiger partial charge in [0.15, 0.2) is 0 Å². The highest BCUT2D eigenvalue weighted by Crippen LogP contribution is 2.36. The molecule has 0 saturated carbocycles. The fraction of sp³-hybridized carbons (Fsp3) is 0.476. The predicted octanol–water partition coefficient (Wildman–Crippen LogP) is 5.52. The van der Waals surface area contributed by atoms with Gasteiger partial charge in [0.2, 0.25) is 0 Å². The van der Waals surface area contributed by atoms with Crippen molar-refractivity contribution in [3.8, 4) is 0 Å². The molecule has 148 valence electrons. The Morgan fingerprint density at radius 3 is 2.59 bits per heavy atom. The van der Waals surface area contributed by atoms with Crippen LogP contribution in [0.3, 0.4) is 0 Å². The highest BCUT2D eigenvalue weighted by molar-refractivity contribution is 5.86. The van der Waals surface area contributed by atoms with Gasteiger partial charge in [0, 0.05) is 42.7 Å². The van der Waals surface area contributed by atoms with Crippen molar-refractivity contribution in [1.82, 2.24) is 9.47 Å². The fourth-order valence-electron chi connectivity index (χ4n) is 3.43. The molecule has 1 unspecified atom stereocenters. The van der Waals surface area contributed by atoms with Gasteiger partial charge in [-0.2, -0.15) is 13.2 Å². The standard InChI is InChI=1S/C18H22F3N3.C3H6/c1-12(10-22)5-8-24-16-4-3-13(18(19,20)21)9-14(16)15-11-23(2)7-6-17(15)24;1-3-2/h3-4,9-10,12,22H,5-8,11H2,1-2H3;3H,1H2,2H3. The minimum atomic E-state index is -4.32. The van der Waals surface area contributed by atoms with Gasteiger partial charge in [0.25, 0.3) is 0 Å². The van der Waals surface area contributed by atoms with Crippen LogP contribution < -0.4 is 0 Å². The Morgan fingerprint density at radius 1 is 1.33 bits per heavy atom. The zero-order valence-electron chi connectivity index (χ0n) is 16.2. The summed E-state index contributed by atoms with van der Waals surface area (Å²) in [6, 6.07) is 4.07. The Hall–Kier alpha value is -2.08. The van der Waals surface area contributed by atoms with Gasteiger partial charge in [0.05, 0.1) is 5.56 Å². The third-order valence-electron chi connectivity index (χ3n) is 4.86. The molecule has 1 aromatic heterocycles. The first-order chi connectivity index (χ1) is 12.7. The number of nitrogens with zero attached hydrogens (tertiary/aromatic N) is 2. The lowest BCUT2D eigenvalue weighted by atomic mass is 10.0. The monoisotopic (exact) mass is 379 g/mol. The summed E-state index contributed by atoms with van der Waals surface area (Å²) >= 11 is 0. The Bertz CT molecular complexity index is 805. The first-order valence-corrected chi connectivity index (χ1v) is 9.20. The van der Waals surface area contributed by atoms with Crippen LogP contribution in [0.5, 0.6) is 0 Å². The molecule has 0 fully saturated rings. The highest BCUT2D eigenvalue weighted by atomic mass is 19.4. The Balaban J connectivity index is 0.000000817. The molecule has 2 heterocycles. The van der Waals surface area contributed by atoms with Crippen LogP contribution in [0.1, 0.15) is 37.1 Å². The van der Waals surface area contributed by atoms with Crippen LogP contribution in [-0.4, -0.2) is 29.3 Å². The second-order valence-electron chi connectivity index (χ2n) is 7.14. The van der Waals surface area contributed by atoms with Crippen LogP contribution in [0.25, 0.3) is 10.9 Å². The molecule has 1 aliphatic heterocycles. The Morgan fingerprint density at radius 2 is 2.00 bits per heavy atom. The molecular formula is C21H28F3N3. The van der Waals surface area contributed by atoms with E-state index in [9.17, 15) is 13.2 Å². The molecule has 1 N–H and O–H groups in total. The molecule has 1 atom stereocenters. The summed E-state index contributed by atoms with van der Waals surface area (Å²) in [6.45, 7) is 9.56. The van der Waals surface area contributed by atoms with E-state index in [1.165, 1.54) is 18.3 Å². The van der Waals surface area contributed by atoms with Gasteiger partial charge in [-0.25, -0.2) is 0 Å². The van der Waals surface area contributed by atoms with E-state index in [2.05, 4.69) is 16.0 Å². The van der Waals surface area contributed by atoms with Gasteiger partial charge in [-0.15, -0.1) is 6.58 Å². The zero-order chi connectivity index (χ0) is 20.2. The van der Waals surface area contributed by atoms with E-state index in [1.54, 1.807) is 12.1 Å². The molecule has 6 heteroatoms. The molecule has 3 rings (SSSR count). The molecule has 2 aromatic rings. The largest absolute Gasteiger partial charge is 0.416 e. The highest BCUT2D eigenvalue weighted by Gasteiger charge is 2.32. The number of nitrogens with one attached hydrogen (secondary N) is 1. The number of rotatable bonds is 4. The zero-order valence-corrected chi connectivity index (χ0v) is 16.2. The van der Waals surface area contributed by atoms with Gasteiger partial charge in [-0.3, -0.25) is 0 Å². The van der Waals surface area contributed by atoms with Gasteiger partial charge in [0.1, 0.15) is 0 Å². The van der Waals surface area contributed by atoms with Crippen molar-refractivity contribution in [2.75, 3.05) is 13.6 Å². The van der Waals surface area contributed by atoms with Crippen molar-refractivity contribution < 1.29 is 13.2 Å². The number of hydrogen-bond acceptors (Lipinski definition) is 2. The number of alkyl halides is 3. The number of fused-ring (bicyclic) bond motifs is 3. The summed E-state index contributed by atoms with van der Waals surface area (Å²) in [5.74, 6) is 0.166. The van der Waals surface area contributed by atoms with Crippen molar-refractivity contribution in [1.29, 1.82) is 5.41 Å². The SMILES string of the molecule is C=CC.CC(C=N)CCn1c2c(c3cc(C(F)(F)F)ccc31)CN(C)CC2. The van der Waals surface area contributed by atoms with Gasteiger partial charge in [-0.1, -0.05) is 13.0 Å². The third-order valence-corrected chi connectivity index (χ3v) is 4.86. The van der Waals surface area contributed by atoms with Gasteiger partial charge in [-0.05, 0) is 56.3 Å². The molecule has 0 amide bonds. The maximum absolute atomic E-state index is 13.1.